The molecule has 3 aliphatic rings. The van der Waals surface area contributed by atoms with Crippen LogP contribution >= 0.6 is 0 Å². The summed E-state index contributed by atoms with van der Waals surface area (Å²) < 4.78 is 0.730. The van der Waals surface area contributed by atoms with Crippen molar-refractivity contribution in [1.82, 2.24) is 15.6 Å². The Morgan fingerprint density at radius 3 is 2.73 bits per heavy atom. The van der Waals surface area contributed by atoms with Crippen LogP contribution in [-0.2, 0) is 4.79 Å². The highest BCUT2D eigenvalue weighted by Crippen LogP contribution is 2.47. The standard InChI is InChI=1S/C19H27N3O4/c23-17-8-9-18(24)22(17)26-19(25)7-2-1-6-15-14-10-12-4-3-5-13(12)11-16(14)21-20-15/h6,8-9,12-14,16,20-21,23-24H,1-5,7,10-11H2. The van der Waals surface area contributed by atoms with E-state index in [4.69, 9.17) is 4.84 Å². The number of hydrogen-bond acceptors (Lipinski definition) is 6. The molecule has 0 spiro atoms. The molecule has 0 aromatic carbocycles. The smallest absolute Gasteiger partial charge is 0.333 e. The number of rotatable bonds is 5. The zero-order valence-corrected chi connectivity index (χ0v) is 14.9. The Balaban J connectivity index is 1.24. The number of nitrogens with zero attached hydrogens (tertiary/aromatic N) is 1. The second kappa shape index (κ2) is 7.23. The van der Waals surface area contributed by atoms with E-state index in [9.17, 15) is 15.0 Å². The van der Waals surface area contributed by atoms with E-state index in [1.807, 2.05) is 0 Å². The number of hydrazine groups is 1. The molecule has 2 aliphatic carbocycles. The summed E-state index contributed by atoms with van der Waals surface area (Å²) in [7, 11) is 0. The van der Waals surface area contributed by atoms with E-state index in [1.54, 1.807) is 0 Å². The van der Waals surface area contributed by atoms with Crippen LogP contribution in [0.15, 0.2) is 23.9 Å². The minimum absolute atomic E-state index is 0.229. The molecule has 142 valence electrons. The van der Waals surface area contributed by atoms with E-state index < -0.39 is 5.97 Å². The summed E-state index contributed by atoms with van der Waals surface area (Å²) in [5.74, 6) is 1.29. The number of hydrogen-bond donors (Lipinski definition) is 4. The molecule has 26 heavy (non-hydrogen) atoms. The fraction of sp³-hybridized carbons (Fsp3) is 0.632. The van der Waals surface area contributed by atoms with Crippen LogP contribution in [0.2, 0.25) is 0 Å². The molecule has 4 unspecified atom stereocenters. The quantitative estimate of drug-likeness (QED) is 0.601. The molecule has 2 heterocycles. The van der Waals surface area contributed by atoms with Crippen molar-refractivity contribution >= 4 is 5.97 Å². The zero-order valence-electron chi connectivity index (χ0n) is 14.9. The predicted octanol–water partition coefficient (Wildman–Crippen LogP) is 2.21. The van der Waals surface area contributed by atoms with Gasteiger partial charge in [0.1, 0.15) is 0 Å². The van der Waals surface area contributed by atoms with Gasteiger partial charge in [-0.3, -0.25) is 0 Å². The monoisotopic (exact) mass is 361 g/mol. The van der Waals surface area contributed by atoms with Gasteiger partial charge in [-0.25, -0.2) is 10.2 Å². The van der Waals surface area contributed by atoms with Gasteiger partial charge in [0.2, 0.25) is 11.8 Å². The van der Waals surface area contributed by atoms with Crippen molar-refractivity contribution in [1.29, 1.82) is 0 Å². The molecule has 4 rings (SSSR count). The largest absolute Gasteiger partial charge is 0.492 e. The fourth-order valence-corrected chi connectivity index (χ4v) is 4.84. The summed E-state index contributed by atoms with van der Waals surface area (Å²) in [5, 5.41) is 18.9. The molecule has 0 amide bonds. The first-order valence-corrected chi connectivity index (χ1v) is 9.64. The fourth-order valence-electron chi connectivity index (χ4n) is 4.84. The average Bonchev–Trinajstić information content (AvgIpc) is 3.32. The molecule has 0 radical (unpaired) electrons. The number of nitrogens with one attached hydrogen (secondary N) is 2. The van der Waals surface area contributed by atoms with Crippen molar-refractivity contribution in [3.05, 3.63) is 23.9 Å². The van der Waals surface area contributed by atoms with E-state index in [-0.39, 0.29) is 18.2 Å². The highest BCUT2D eigenvalue weighted by Gasteiger charge is 2.43. The lowest BCUT2D eigenvalue weighted by atomic mass is 9.72. The van der Waals surface area contributed by atoms with E-state index in [1.165, 1.54) is 49.9 Å². The van der Waals surface area contributed by atoms with Crippen LogP contribution < -0.4 is 15.7 Å². The molecule has 1 aromatic heterocycles. The summed E-state index contributed by atoms with van der Waals surface area (Å²) in [6.07, 6.45) is 10.6. The van der Waals surface area contributed by atoms with Crippen molar-refractivity contribution in [2.75, 3.05) is 0 Å². The Kier molecular flexibility index (Phi) is 4.80. The summed E-state index contributed by atoms with van der Waals surface area (Å²) in [4.78, 5) is 16.8. The summed E-state index contributed by atoms with van der Waals surface area (Å²) in [6, 6.07) is 3.08. The van der Waals surface area contributed by atoms with Gasteiger partial charge in [-0.05, 0) is 37.5 Å². The van der Waals surface area contributed by atoms with Gasteiger partial charge < -0.3 is 20.5 Å². The number of carbonyl (C=O) groups excluding carboxylic acids is 1. The van der Waals surface area contributed by atoms with Crippen LogP contribution in [0, 0.1) is 17.8 Å². The van der Waals surface area contributed by atoms with Gasteiger partial charge in [-0.2, -0.15) is 0 Å². The topological polar surface area (TPSA) is 95.8 Å². The molecule has 4 N–H and O–H groups in total. The average molecular weight is 361 g/mol. The maximum absolute atomic E-state index is 11.8. The Hall–Kier alpha value is -2.15. The van der Waals surface area contributed by atoms with Gasteiger partial charge in [0.15, 0.2) is 0 Å². The van der Waals surface area contributed by atoms with Gasteiger partial charge >= 0.3 is 5.97 Å². The van der Waals surface area contributed by atoms with Gasteiger partial charge in [-0.1, -0.05) is 25.3 Å². The maximum atomic E-state index is 11.8. The lowest BCUT2D eigenvalue weighted by Gasteiger charge is -2.33. The highest BCUT2D eigenvalue weighted by atomic mass is 16.7. The summed E-state index contributed by atoms with van der Waals surface area (Å²) in [6.45, 7) is 0. The van der Waals surface area contributed by atoms with E-state index in [0.29, 0.717) is 18.4 Å². The third kappa shape index (κ3) is 3.40. The van der Waals surface area contributed by atoms with Crippen molar-refractivity contribution in [2.24, 2.45) is 17.8 Å². The van der Waals surface area contributed by atoms with Gasteiger partial charge in [-0.15, -0.1) is 4.73 Å². The Morgan fingerprint density at radius 1 is 1.23 bits per heavy atom. The lowest BCUT2D eigenvalue weighted by Crippen LogP contribution is -2.38. The number of carbonyl (C=O) groups is 1. The number of allylic oxidation sites excluding steroid dienone is 1. The predicted molar refractivity (Wildman–Crippen MR) is 94.9 cm³/mol. The first-order chi connectivity index (χ1) is 12.6. The van der Waals surface area contributed by atoms with E-state index in [0.717, 1.165) is 23.0 Å². The number of fused-ring (bicyclic) bond motifs is 2. The third-order valence-electron chi connectivity index (χ3n) is 6.16. The van der Waals surface area contributed by atoms with Crippen molar-refractivity contribution in [3.8, 4) is 11.8 Å². The Bertz CT molecular complexity index is 679. The molecule has 1 saturated heterocycles. The maximum Gasteiger partial charge on any atom is 0.333 e. The van der Waals surface area contributed by atoms with Gasteiger partial charge in [0.25, 0.3) is 0 Å². The second-order valence-electron chi connectivity index (χ2n) is 7.76. The van der Waals surface area contributed by atoms with Crippen LogP contribution in [0.25, 0.3) is 0 Å². The molecule has 0 bridgehead atoms. The minimum Gasteiger partial charge on any atom is -0.492 e. The van der Waals surface area contributed by atoms with E-state index in [2.05, 4.69) is 16.9 Å². The highest BCUT2D eigenvalue weighted by molar-refractivity contribution is 5.69. The third-order valence-corrected chi connectivity index (χ3v) is 6.16. The van der Waals surface area contributed by atoms with Crippen LogP contribution in [0.1, 0.15) is 51.4 Å². The van der Waals surface area contributed by atoms with Crippen LogP contribution in [-0.4, -0.2) is 27.0 Å². The first kappa shape index (κ1) is 17.3. The number of aromatic hydroxyl groups is 2. The summed E-state index contributed by atoms with van der Waals surface area (Å²) in [5.41, 5.74) is 8.07. The molecular formula is C19H27N3O4. The molecule has 7 nitrogen and oxygen atoms in total. The second-order valence-corrected chi connectivity index (χ2v) is 7.76. The van der Waals surface area contributed by atoms with Crippen LogP contribution in [0.5, 0.6) is 11.8 Å². The minimum atomic E-state index is -0.480. The molecule has 3 fully saturated rings. The van der Waals surface area contributed by atoms with Gasteiger partial charge in [0.05, 0.1) is 0 Å². The van der Waals surface area contributed by atoms with Crippen LogP contribution in [0.3, 0.4) is 0 Å². The number of aromatic nitrogens is 1. The SMILES string of the molecule is O=C(CCCC=C1NNC2CC3CCCC3CC12)On1c(O)ccc1O. The van der Waals surface area contributed by atoms with Crippen molar-refractivity contribution in [2.45, 2.75) is 57.4 Å². The molecule has 1 aliphatic heterocycles. The number of unbranched alkanes of at least 4 members (excludes halogenated alkanes) is 1. The molecular weight excluding hydrogens is 334 g/mol. The zero-order chi connectivity index (χ0) is 18.1. The van der Waals surface area contributed by atoms with Crippen molar-refractivity contribution < 1.29 is 19.8 Å². The van der Waals surface area contributed by atoms with Crippen LogP contribution in [0.4, 0.5) is 0 Å². The molecule has 4 atom stereocenters. The Labute approximate surface area is 153 Å². The van der Waals surface area contributed by atoms with Crippen molar-refractivity contribution in [3.63, 3.8) is 0 Å². The summed E-state index contributed by atoms with van der Waals surface area (Å²) >= 11 is 0. The normalized spacial score (nSPS) is 31.5. The van der Waals surface area contributed by atoms with E-state index >= 15 is 0 Å². The lowest BCUT2D eigenvalue weighted by molar-refractivity contribution is -0.145. The first-order valence-electron chi connectivity index (χ1n) is 9.64. The molecule has 1 aromatic rings. The molecule has 2 saturated carbocycles. The van der Waals surface area contributed by atoms with Gasteiger partial charge in [0, 0.05) is 36.2 Å². The Morgan fingerprint density at radius 2 is 1.96 bits per heavy atom. The molecule has 7 heteroatoms.